The van der Waals surface area contributed by atoms with Crippen molar-refractivity contribution in [3.63, 3.8) is 0 Å². The van der Waals surface area contributed by atoms with Gasteiger partial charge in [-0.25, -0.2) is 14.6 Å². The lowest BCUT2D eigenvalue weighted by Crippen LogP contribution is -2.22. The van der Waals surface area contributed by atoms with Gasteiger partial charge in [0, 0.05) is 13.7 Å². The lowest BCUT2D eigenvalue weighted by Gasteiger charge is -2.22. The molecule has 1 fully saturated rings. The van der Waals surface area contributed by atoms with Crippen molar-refractivity contribution in [3.05, 3.63) is 22.2 Å². The van der Waals surface area contributed by atoms with Crippen LogP contribution in [0.1, 0.15) is 30.7 Å². The fourth-order valence-electron chi connectivity index (χ4n) is 2.36. The fraction of sp³-hybridized carbons (Fsp3) is 0.571. The Morgan fingerprint density at radius 2 is 2.35 bits per heavy atom. The second-order valence-electron chi connectivity index (χ2n) is 5.24. The molecule has 2 aromatic rings. The van der Waals surface area contributed by atoms with Gasteiger partial charge in [-0.1, -0.05) is 5.21 Å². The van der Waals surface area contributed by atoms with Gasteiger partial charge in [0.05, 0.1) is 30.1 Å². The third kappa shape index (κ3) is 3.88. The highest BCUT2D eigenvalue weighted by atomic mass is 79.9. The first kappa shape index (κ1) is 16.8. The Morgan fingerprint density at radius 3 is 3.09 bits per heavy atom. The topological polar surface area (TPSA) is 75.0 Å². The highest BCUT2D eigenvalue weighted by Crippen LogP contribution is 2.24. The number of hydrogen-bond donors (Lipinski definition) is 0. The molecule has 1 aliphatic rings. The van der Waals surface area contributed by atoms with Crippen LogP contribution in [0, 0.1) is 0 Å². The van der Waals surface area contributed by atoms with Gasteiger partial charge in [0.25, 0.3) is 0 Å². The predicted octanol–water partition coefficient (Wildman–Crippen LogP) is 2.82. The lowest BCUT2D eigenvalue weighted by atomic mass is 10.2. The number of nitrogens with zero attached hydrogens (tertiary/aromatic N) is 5. The predicted molar refractivity (Wildman–Crippen MR) is 87.7 cm³/mol. The van der Waals surface area contributed by atoms with Crippen LogP contribution in [0.15, 0.2) is 10.8 Å². The first-order valence-corrected chi connectivity index (χ1v) is 8.71. The van der Waals surface area contributed by atoms with Crippen molar-refractivity contribution in [1.29, 1.82) is 0 Å². The number of rotatable bonds is 5. The molecule has 1 aliphatic heterocycles. The average Bonchev–Trinajstić information content (AvgIpc) is 2.95. The fourth-order valence-corrected chi connectivity index (χ4v) is 3.04. The average molecular weight is 403 g/mol. The quantitative estimate of drug-likeness (QED) is 0.716. The molecular formula is C14H17BrClN5O2. The van der Waals surface area contributed by atoms with Crippen LogP contribution in [0.4, 0.5) is 0 Å². The van der Waals surface area contributed by atoms with Gasteiger partial charge in [-0.3, -0.25) is 0 Å². The van der Waals surface area contributed by atoms with Crippen LogP contribution in [-0.2, 0) is 29.0 Å². The summed E-state index contributed by atoms with van der Waals surface area (Å²) in [6, 6.07) is 0. The first-order chi connectivity index (χ1) is 11.2. The third-order valence-electron chi connectivity index (χ3n) is 3.65. The summed E-state index contributed by atoms with van der Waals surface area (Å²) in [5.41, 5.74) is 2.77. The van der Waals surface area contributed by atoms with Crippen molar-refractivity contribution < 1.29 is 9.47 Å². The van der Waals surface area contributed by atoms with E-state index in [1.807, 2.05) is 7.05 Å². The van der Waals surface area contributed by atoms with E-state index in [4.69, 9.17) is 21.1 Å². The van der Waals surface area contributed by atoms with E-state index < -0.39 is 0 Å². The Balaban J connectivity index is 1.80. The van der Waals surface area contributed by atoms with Gasteiger partial charge in [0.2, 0.25) is 0 Å². The zero-order valence-corrected chi connectivity index (χ0v) is 15.0. The van der Waals surface area contributed by atoms with Crippen LogP contribution in [0.5, 0.6) is 0 Å². The number of halogens is 2. The molecular weight excluding hydrogens is 386 g/mol. The number of alkyl halides is 1. The normalized spacial score (nSPS) is 18.3. The Hall–Kier alpha value is -1.09. The van der Waals surface area contributed by atoms with Crippen LogP contribution < -0.4 is 0 Å². The molecule has 1 unspecified atom stereocenters. The van der Waals surface area contributed by atoms with Gasteiger partial charge >= 0.3 is 0 Å². The third-order valence-corrected chi connectivity index (χ3v) is 4.57. The van der Waals surface area contributed by atoms with E-state index in [0.29, 0.717) is 28.3 Å². The van der Waals surface area contributed by atoms with Crippen molar-refractivity contribution in [3.8, 4) is 11.4 Å². The Bertz CT molecular complexity index is 675. The smallest absolute Gasteiger partial charge is 0.158 e. The van der Waals surface area contributed by atoms with Gasteiger partial charge in [0.15, 0.2) is 6.29 Å². The molecule has 3 rings (SSSR count). The molecule has 9 heteroatoms. The SMILES string of the molecule is Cn1nnc(-c2cnc(Br)c(CCl)n2)c1COC1CCCCO1. The number of hydrogen-bond acceptors (Lipinski definition) is 6. The molecule has 0 spiro atoms. The monoisotopic (exact) mass is 401 g/mol. The number of aryl methyl sites for hydroxylation is 1. The number of ether oxygens (including phenoxy) is 2. The van der Waals surface area contributed by atoms with Crippen molar-refractivity contribution in [2.45, 2.75) is 38.0 Å². The van der Waals surface area contributed by atoms with Crippen molar-refractivity contribution in [2.24, 2.45) is 7.05 Å². The van der Waals surface area contributed by atoms with Crippen molar-refractivity contribution in [1.82, 2.24) is 25.0 Å². The molecule has 0 aliphatic carbocycles. The van der Waals surface area contributed by atoms with E-state index in [0.717, 1.165) is 31.6 Å². The second kappa shape index (κ2) is 7.65. The lowest BCUT2D eigenvalue weighted by molar-refractivity contribution is -0.169. The first-order valence-electron chi connectivity index (χ1n) is 7.38. The van der Waals surface area contributed by atoms with E-state index in [9.17, 15) is 0 Å². The molecule has 0 bridgehead atoms. The van der Waals surface area contributed by atoms with Gasteiger partial charge in [-0.2, -0.15) is 0 Å². The molecule has 0 aromatic carbocycles. The molecule has 1 atom stereocenters. The maximum absolute atomic E-state index is 5.88. The largest absolute Gasteiger partial charge is 0.353 e. The molecule has 23 heavy (non-hydrogen) atoms. The summed E-state index contributed by atoms with van der Waals surface area (Å²) in [4.78, 5) is 8.74. The maximum Gasteiger partial charge on any atom is 0.158 e. The summed E-state index contributed by atoms with van der Waals surface area (Å²) in [5.74, 6) is 0.267. The van der Waals surface area contributed by atoms with Crippen LogP contribution in [0.3, 0.4) is 0 Å². The Labute approximate surface area is 147 Å². The minimum Gasteiger partial charge on any atom is -0.353 e. The van der Waals surface area contributed by atoms with Crippen LogP contribution >= 0.6 is 27.5 Å². The van der Waals surface area contributed by atoms with Crippen molar-refractivity contribution in [2.75, 3.05) is 6.61 Å². The standard InChI is InChI=1S/C14H17BrClN5O2/c1-21-11(8-23-12-4-2-3-5-22-12)13(19-20-21)10-7-17-14(15)9(6-16)18-10/h7,12H,2-6,8H2,1H3. The van der Waals surface area contributed by atoms with Crippen LogP contribution in [0.25, 0.3) is 11.4 Å². The van der Waals surface area contributed by atoms with E-state index >= 15 is 0 Å². The molecule has 1 saturated heterocycles. The highest BCUT2D eigenvalue weighted by Gasteiger charge is 2.19. The molecule has 0 saturated carbocycles. The summed E-state index contributed by atoms with van der Waals surface area (Å²) >= 11 is 9.21. The summed E-state index contributed by atoms with van der Waals surface area (Å²) in [6.07, 6.45) is 4.60. The van der Waals surface area contributed by atoms with E-state index in [2.05, 4.69) is 36.2 Å². The minimum absolute atomic E-state index is 0.166. The van der Waals surface area contributed by atoms with Crippen LogP contribution in [-0.4, -0.2) is 37.9 Å². The Morgan fingerprint density at radius 1 is 1.48 bits per heavy atom. The van der Waals surface area contributed by atoms with Gasteiger partial charge in [-0.15, -0.1) is 16.7 Å². The van der Waals surface area contributed by atoms with E-state index in [-0.39, 0.29) is 12.2 Å². The van der Waals surface area contributed by atoms with Gasteiger partial charge in [0.1, 0.15) is 16.0 Å². The second-order valence-corrected chi connectivity index (χ2v) is 6.26. The molecule has 124 valence electrons. The molecule has 3 heterocycles. The molecule has 0 N–H and O–H groups in total. The van der Waals surface area contributed by atoms with Crippen molar-refractivity contribution >= 4 is 27.5 Å². The van der Waals surface area contributed by atoms with E-state index in [1.165, 1.54) is 0 Å². The molecule has 0 amide bonds. The summed E-state index contributed by atoms with van der Waals surface area (Å²) < 4.78 is 13.7. The number of aromatic nitrogens is 5. The highest BCUT2D eigenvalue weighted by molar-refractivity contribution is 9.10. The Kier molecular flexibility index (Phi) is 5.58. The molecule has 0 radical (unpaired) electrons. The van der Waals surface area contributed by atoms with Gasteiger partial charge < -0.3 is 9.47 Å². The van der Waals surface area contributed by atoms with Crippen LogP contribution in [0.2, 0.25) is 0 Å². The molecule has 2 aromatic heterocycles. The van der Waals surface area contributed by atoms with E-state index in [1.54, 1.807) is 10.9 Å². The summed E-state index contributed by atoms with van der Waals surface area (Å²) in [6.45, 7) is 1.11. The minimum atomic E-state index is -0.166. The summed E-state index contributed by atoms with van der Waals surface area (Å²) in [7, 11) is 1.83. The zero-order valence-electron chi connectivity index (χ0n) is 12.7. The maximum atomic E-state index is 5.88. The summed E-state index contributed by atoms with van der Waals surface area (Å²) in [5, 5.41) is 8.25. The zero-order chi connectivity index (χ0) is 16.2. The molecule has 7 nitrogen and oxygen atoms in total. The van der Waals surface area contributed by atoms with Gasteiger partial charge in [-0.05, 0) is 35.2 Å².